The summed E-state index contributed by atoms with van der Waals surface area (Å²) in [5.41, 5.74) is 12.6. The summed E-state index contributed by atoms with van der Waals surface area (Å²) < 4.78 is 98.4. The van der Waals surface area contributed by atoms with Gasteiger partial charge in [-0.05, 0) is 108 Å². The number of phenols is 1. The Bertz CT molecular complexity index is 2770. The molecule has 5 N–H and O–H groups in total. The molecule has 1 saturated heterocycles. The van der Waals surface area contributed by atoms with Crippen molar-refractivity contribution in [2.45, 2.75) is 108 Å². The van der Waals surface area contributed by atoms with Crippen LogP contribution in [0.15, 0.2) is 101 Å². The molecule has 394 valence electrons. The van der Waals surface area contributed by atoms with Crippen LogP contribution in [0.25, 0.3) is 22.2 Å². The van der Waals surface area contributed by atoms with Crippen LogP contribution >= 0.6 is 47.8 Å². The lowest BCUT2D eigenvalue weighted by Gasteiger charge is -2.32. The van der Waals surface area contributed by atoms with Crippen molar-refractivity contribution in [2.24, 2.45) is 0 Å². The van der Waals surface area contributed by atoms with Crippen LogP contribution in [0.4, 0.5) is 28.9 Å². The van der Waals surface area contributed by atoms with E-state index in [1.165, 1.54) is 30.3 Å². The van der Waals surface area contributed by atoms with Gasteiger partial charge in [-0.25, -0.2) is 27.5 Å². The molecule has 0 atom stereocenters. The van der Waals surface area contributed by atoms with Crippen LogP contribution in [-0.4, -0.2) is 59.2 Å². The Labute approximate surface area is 444 Å². The van der Waals surface area contributed by atoms with Gasteiger partial charge in [-0.2, -0.15) is 0 Å². The van der Waals surface area contributed by atoms with Gasteiger partial charge < -0.3 is 53.7 Å². The van der Waals surface area contributed by atoms with Crippen molar-refractivity contribution < 1.29 is 59.8 Å². The maximum Gasteiger partial charge on any atom is 0.495 e. The number of aromatic nitrogens is 2. The Morgan fingerprint density at radius 2 is 1.07 bits per heavy atom. The van der Waals surface area contributed by atoms with Crippen LogP contribution in [0.3, 0.4) is 0 Å². The zero-order valence-electron chi connectivity index (χ0n) is 40.3. The number of nitrogens with two attached hydrogens (primary N) is 2. The molecule has 8 rings (SSSR count). The summed E-state index contributed by atoms with van der Waals surface area (Å²) in [4.78, 5) is 7.91. The SMILES string of the molecule is C.C.CCOC(C)(OCC)OCC.Cc1nc2c(F)cc(B3OC(C)(C)C(C)(C)O3)cc2o1.Cc1nc2c(F)cc(Br)cc2o1.Nc1c(F)cc(Br)cc1OCc1ccccc1.Nc1c(O)cc(Br)cc1F. The third kappa shape index (κ3) is 17.7. The van der Waals surface area contributed by atoms with E-state index < -0.39 is 41.7 Å². The molecule has 0 radical (unpaired) electrons. The van der Waals surface area contributed by atoms with Crippen LogP contribution in [0, 0.1) is 37.1 Å². The fourth-order valence-electron chi connectivity index (χ4n) is 6.20. The summed E-state index contributed by atoms with van der Waals surface area (Å²) >= 11 is 9.35. The summed E-state index contributed by atoms with van der Waals surface area (Å²) in [6.45, 7) is 20.9. The second kappa shape index (κ2) is 28.1. The van der Waals surface area contributed by atoms with E-state index in [1.807, 2.05) is 78.8 Å². The number of fused-ring (bicyclic) bond motifs is 2. The van der Waals surface area contributed by atoms with Gasteiger partial charge in [0.05, 0.1) is 11.2 Å². The molecule has 13 nitrogen and oxygen atoms in total. The van der Waals surface area contributed by atoms with Crippen LogP contribution < -0.4 is 21.7 Å². The standard InChI is InChI=1S/C14H17BFNO3.C13H11BrFNO.C8H5BrFNO.C8H18O3.C6H5BrFNO.2CH4/c1-8-17-12-10(16)6-9(7-11(12)18-8)15-19-13(2,3)14(4,5)20-15;14-10-6-11(15)13(16)12(7-10)17-8-9-4-2-1-3-5-9;1-4-11-8-6(10)2-5(9)3-7(8)12-4;1-5-9-8(4,10-6-2)11-7-3;7-3-1-4(8)6(9)5(10)2-3;;/h6-7H,1-5H3;1-7H,8,16H2;2-3H,1H3;5-7H2,1-4H3;1-2,10H,9H2;2*1H4. The van der Waals surface area contributed by atoms with Gasteiger partial charge >= 0.3 is 7.12 Å². The zero-order chi connectivity index (χ0) is 52.1. The molecule has 72 heavy (non-hydrogen) atoms. The molecule has 0 spiro atoms. The molecule has 1 fully saturated rings. The minimum atomic E-state index is -0.849. The molecule has 1 aliphatic heterocycles. The zero-order valence-corrected chi connectivity index (χ0v) is 45.1. The number of halogens is 7. The van der Waals surface area contributed by atoms with Crippen LogP contribution in [-0.2, 0) is 30.1 Å². The lowest BCUT2D eigenvalue weighted by Crippen LogP contribution is -2.41. The summed E-state index contributed by atoms with van der Waals surface area (Å²) in [6, 6.07) is 21.3. The van der Waals surface area contributed by atoms with Crippen molar-refractivity contribution in [3.63, 3.8) is 0 Å². The highest BCUT2D eigenvalue weighted by molar-refractivity contribution is 9.11. The number of oxazole rings is 2. The first kappa shape index (κ1) is 63.4. The fraction of sp³-hybridized carbons (Fsp3) is 0.373. The van der Waals surface area contributed by atoms with Crippen LogP contribution in [0.1, 0.15) is 87.6 Å². The van der Waals surface area contributed by atoms with Gasteiger partial charge in [0.2, 0.25) is 0 Å². The quantitative estimate of drug-likeness (QED) is 0.0387. The summed E-state index contributed by atoms with van der Waals surface area (Å²) in [7, 11) is -0.607. The Hall–Kier alpha value is -4.74. The number of nitrogen functional groups attached to an aromatic ring is 2. The number of nitrogens with zero attached hydrogens (tertiary/aromatic N) is 2. The first-order chi connectivity index (χ1) is 32.8. The average Bonchev–Trinajstić information content (AvgIpc) is 3.92. The lowest BCUT2D eigenvalue weighted by atomic mass is 9.79. The van der Waals surface area contributed by atoms with Crippen molar-refractivity contribution in [1.82, 2.24) is 9.97 Å². The van der Waals surface area contributed by atoms with Gasteiger partial charge in [0.1, 0.15) is 40.5 Å². The summed E-state index contributed by atoms with van der Waals surface area (Å²) in [6.07, 6.45) is 0. The van der Waals surface area contributed by atoms with E-state index in [4.69, 9.17) is 53.7 Å². The van der Waals surface area contributed by atoms with E-state index in [2.05, 4.69) is 57.8 Å². The topological polar surface area (TPSA) is 180 Å². The molecule has 0 aliphatic carbocycles. The Morgan fingerprint density at radius 3 is 1.56 bits per heavy atom. The number of hydrogen-bond acceptors (Lipinski definition) is 13. The summed E-state index contributed by atoms with van der Waals surface area (Å²) in [5, 5.41) is 8.89. The van der Waals surface area contributed by atoms with Crippen molar-refractivity contribution in [3.8, 4) is 11.5 Å². The second-order valence-corrected chi connectivity index (χ2v) is 18.9. The maximum atomic E-state index is 14.1. The highest BCUT2D eigenvalue weighted by atomic mass is 79.9. The van der Waals surface area contributed by atoms with Crippen LogP contribution in [0.2, 0.25) is 0 Å². The first-order valence-electron chi connectivity index (χ1n) is 21.7. The predicted octanol–water partition coefficient (Wildman–Crippen LogP) is 14.3. The van der Waals surface area contributed by atoms with E-state index in [0.717, 1.165) is 5.56 Å². The van der Waals surface area contributed by atoms with Gasteiger partial charge in [-0.1, -0.05) is 93.0 Å². The number of aryl methyl sites for hydroxylation is 2. The van der Waals surface area contributed by atoms with E-state index in [1.54, 1.807) is 39.0 Å². The Morgan fingerprint density at radius 1 is 0.639 bits per heavy atom. The number of ether oxygens (including phenoxy) is 4. The van der Waals surface area contributed by atoms with Gasteiger partial charge in [0.25, 0.3) is 5.97 Å². The second-order valence-electron chi connectivity index (χ2n) is 16.2. The number of aromatic hydroxyl groups is 1. The molecule has 0 bridgehead atoms. The molecule has 3 heterocycles. The molecule has 0 saturated carbocycles. The minimum absolute atomic E-state index is 0. The van der Waals surface area contributed by atoms with E-state index >= 15 is 0 Å². The Kier molecular flexibility index (Phi) is 24.7. The fourth-order valence-corrected chi connectivity index (χ4v) is 7.44. The Balaban J connectivity index is 0.000000314. The molecule has 2 aromatic heterocycles. The summed E-state index contributed by atoms with van der Waals surface area (Å²) in [5.74, 6) is -1.73. The number of anilines is 2. The maximum absolute atomic E-state index is 14.1. The van der Waals surface area contributed by atoms with Crippen molar-refractivity contribution in [1.29, 1.82) is 0 Å². The minimum Gasteiger partial charge on any atom is -0.506 e. The normalized spacial score (nSPS) is 13.2. The molecule has 7 aromatic rings. The number of hydrogen-bond donors (Lipinski definition) is 3. The average molecular weight is 1200 g/mol. The molecule has 5 aromatic carbocycles. The molecule has 1 aliphatic rings. The first-order valence-corrected chi connectivity index (χ1v) is 24.1. The van der Waals surface area contributed by atoms with Crippen molar-refractivity contribution in [2.75, 3.05) is 31.3 Å². The number of benzene rings is 5. The monoisotopic (exact) mass is 1200 g/mol. The highest BCUT2D eigenvalue weighted by Crippen LogP contribution is 2.37. The molecule has 21 heteroatoms. The van der Waals surface area contributed by atoms with E-state index in [-0.39, 0.29) is 48.8 Å². The number of rotatable bonds is 10. The lowest BCUT2D eigenvalue weighted by molar-refractivity contribution is -0.365. The van der Waals surface area contributed by atoms with E-state index in [0.29, 0.717) is 74.0 Å². The third-order valence-corrected chi connectivity index (χ3v) is 11.6. The van der Waals surface area contributed by atoms with Gasteiger partial charge in [0.15, 0.2) is 46.2 Å². The van der Waals surface area contributed by atoms with Gasteiger partial charge in [-0.15, -0.1) is 0 Å². The van der Waals surface area contributed by atoms with Gasteiger partial charge in [0, 0.05) is 54.0 Å². The third-order valence-electron chi connectivity index (χ3n) is 10.2. The van der Waals surface area contributed by atoms with Crippen molar-refractivity contribution in [3.05, 3.63) is 133 Å². The van der Waals surface area contributed by atoms with Crippen molar-refractivity contribution >= 4 is 93.9 Å². The number of phenolic OH excluding ortho intramolecular Hbond substituents is 1. The van der Waals surface area contributed by atoms with E-state index in [9.17, 15) is 17.6 Å². The van der Waals surface area contributed by atoms with Crippen LogP contribution in [0.5, 0.6) is 11.5 Å². The smallest absolute Gasteiger partial charge is 0.495 e. The highest BCUT2D eigenvalue weighted by Gasteiger charge is 2.52. The molecular formula is C51H64BBr3F4N4O9. The molecular weight excluding hydrogens is 1140 g/mol. The largest absolute Gasteiger partial charge is 0.506 e. The molecule has 0 amide bonds. The van der Waals surface area contributed by atoms with Gasteiger partial charge in [-0.3, -0.25) is 0 Å². The predicted molar refractivity (Wildman–Crippen MR) is 287 cm³/mol. The molecule has 0 unspecified atom stereocenters.